The Morgan fingerprint density at radius 3 is 2.59 bits per heavy atom. The van der Waals surface area contributed by atoms with Gasteiger partial charge in [-0.05, 0) is 42.9 Å². The first-order chi connectivity index (χ1) is 8.08. The summed E-state index contributed by atoms with van der Waals surface area (Å²) in [6.45, 7) is 0. The number of thioether (sulfide) groups is 1. The molecule has 1 atom stereocenters. The molecule has 1 aliphatic rings. The maximum absolute atomic E-state index is 12.1. The van der Waals surface area contributed by atoms with Crippen LogP contribution < -0.4 is 10.5 Å². The average Bonchev–Trinajstić information content (AvgIpc) is 2.30. The van der Waals surface area contributed by atoms with Crippen molar-refractivity contribution in [2.24, 2.45) is 0 Å². The van der Waals surface area contributed by atoms with Crippen LogP contribution in [0.15, 0.2) is 29.2 Å². The molecule has 6 heteroatoms. The van der Waals surface area contributed by atoms with Crippen molar-refractivity contribution in [1.82, 2.24) is 4.72 Å². The number of nitrogens with two attached hydrogens (primary N) is 1. The average molecular weight is 272 g/mol. The summed E-state index contributed by atoms with van der Waals surface area (Å²) in [5, 5.41) is 0. The van der Waals surface area contributed by atoms with Crippen LogP contribution in [0.25, 0.3) is 0 Å². The highest BCUT2D eigenvalue weighted by molar-refractivity contribution is 7.99. The van der Waals surface area contributed by atoms with Gasteiger partial charge in [-0.25, -0.2) is 13.1 Å². The zero-order chi connectivity index (χ0) is 12.3. The van der Waals surface area contributed by atoms with Crippen molar-refractivity contribution < 1.29 is 8.42 Å². The second kappa shape index (κ2) is 5.29. The van der Waals surface area contributed by atoms with Crippen LogP contribution in [0, 0.1) is 0 Å². The molecule has 0 saturated carbocycles. The predicted octanol–water partition coefficient (Wildman–Crippen LogP) is 1.44. The van der Waals surface area contributed by atoms with Gasteiger partial charge in [-0.2, -0.15) is 11.8 Å². The smallest absolute Gasteiger partial charge is 0.240 e. The van der Waals surface area contributed by atoms with Gasteiger partial charge in [0.25, 0.3) is 0 Å². The number of hydrogen-bond acceptors (Lipinski definition) is 4. The summed E-state index contributed by atoms with van der Waals surface area (Å²) in [6.07, 6.45) is 1.99. The van der Waals surface area contributed by atoms with Crippen molar-refractivity contribution in [2.75, 3.05) is 17.2 Å². The van der Waals surface area contributed by atoms with Crippen LogP contribution in [0.1, 0.15) is 12.8 Å². The largest absolute Gasteiger partial charge is 0.399 e. The molecule has 3 N–H and O–H groups in total. The molecule has 1 aromatic rings. The number of hydrogen-bond donors (Lipinski definition) is 2. The molecule has 2 rings (SSSR count). The van der Waals surface area contributed by atoms with Gasteiger partial charge in [0.2, 0.25) is 10.0 Å². The maximum atomic E-state index is 12.1. The fraction of sp³-hybridized carbons (Fsp3) is 0.455. The molecule has 1 heterocycles. The zero-order valence-corrected chi connectivity index (χ0v) is 11.1. The van der Waals surface area contributed by atoms with E-state index < -0.39 is 10.0 Å². The van der Waals surface area contributed by atoms with Crippen molar-refractivity contribution in [3.05, 3.63) is 24.3 Å². The number of anilines is 1. The van der Waals surface area contributed by atoms with Gasteiger partial charge in [0.05, 0.1) is 4.90 Å². The van der Waals surface area contributed by atoms with Gasteiger partial charge in [0.15, 0.2) is 0 Å². The molecule has 0 amide bonds. The Morgan fingerprint density at radius 2 is 2.00 bits per heavy atom. The highest BCUT2D eigenvalue weighted by Crippen LogP contribution is 2.19. The van der Waals surface area contributed by atoms with Gasteiger partial charge in [-0.3, -0.25) is 0 Å². The van der Waals surface area contributed by atoms with Crippen molar-refractivity contribution in [2.45, 2.75) is 23.8 Å². The minimum atomic E-state index is -3.40. The summed E-state index contributed by atoms with van der Waals surface area (Å²) in [5.74, 6) is 1.98. The van der Waals surface area contributed by atoms with E-state index >= 15 is 0 Å². The van der Waals surface area contributed by atoms with Crippen LogP contribution in [0.4, 0.5) is 5.69 Å². The van der Waals surface area contributed by atoms with E-state index in [1.807, 2.05) is 0 Å². The van der Waals surface area contributed by atoms with Gasteiger partial charge in [0, 0.05) is 17.5 Å². The summed E-state index contributed by atoms with van der Waals surface area (Å²) in [5.41, 5.74) is 6.10. The lowest BCUT2D eigenvalue weighted by molar-refractivity contribution is 0.543. The van der Waals surface area contributed by atoms with E-state index in [1.165, 1.54) is 12.1 Å². The van der Waals surface area contributed by atoms with E-state index in [0.29, 0.717) is 5.69 Å². The second-order valence-electron chi connectivity index (χ2n) is 4.10. The fourth-order valence-electron chi connectivity index (χ4n) is 1.77. The lowest BCUT2D eigenvalue weighted by atomic mass is 10.2. The van der Waals surface area contributed by atoms with Crippen LogP contribution in [0.5, 0.6) is 0 Å². The molecule has 1 fully saturated rings. The number of rotatable bonds is 3. The van der Waals surface area contributed by atoms with E-state index in [2.05, 4.69) is 4.72 Å². The topological polar surface area (TPSA) is 72.2 Å². The maximum Gasteiger partial charge on any atom is 0.240 e. The summed E-state index contributed by atoms with van der Waals surface area (Å²) >= 11 is 1.79. The number of nitrogen functional groups attached to an aromatic ring is 1. The Bertz CT molecular complexity index is 465. The van der Waals surface area contributed by atoms with Crippen LogP contribution in [-0.2, 0) is 10.0 Å². The third-order valence-electron chi connectivity index (χ3n) is 2.67. The van der Waals surface area contributed by atoms with Gasteiger partial charge < -0.3 is 5.73 Å². The molecule has 0 spiro atoms. The Hall–Kier alpha value is -0.720. The van der Waals surface area contributed by atoms with Crippen LogP contribution >= 0.6 is 11.8 Å². The molecule has 4 nitrogen and oxygen atoms in total. The molecule has 0 bridgehead atoms. The fourth-order valence-corrected chi connectivity index (χ4v) is 4.22. The summed E-state index contributed by atoms with van der Waals surface area (Å²) in [6, 6.07) is 6.33. The first kappa shape index (κ1) is 12.7. The summed E-state index contributed by atoms with van der Waals surface area (Å²) < 4.78 is 26.8. The Morgan fingerprint density at radius 1 is 1.29 bits per heavy atom. The van der Waals surface area contributed by atoms with Crippen molar-refractivity contribution >= 4 is 27.5 Å². The molecule has 17 heavy (non-hydrogen) atoms. The van der Waals surface area contributed by atoms with Gasteiger partial charge >= 0.3 is 0 Å². The molecular formula is C11H16N2O2S2. The van der Waals surface area contributed by atoms with Gasteiger partial charge in [0.1, 0.15) is 0 Å². The molecule has 1 aromatic carbocycles. The number of sulfonamides is 1. The van der Waals surface area contributed by atoms with Gasteiger partial charge in [-0.15, -0.1) is 0 Å². The molecule has 1 aliphatic heterocycles. The number of nitrogens with one attached hydrogen (secondary N) is 1. The van der Waals surface area contributed by atoms with Crippen molar-refractivity contribution in [3.63, 3.8) is 0 Å². The van der Waals surface area contributed by atoms with E-state index in [-0.39, 0.29) is 10.9 Å². The minimum Gasteiger partial charge on any atom is -0.399 e. The van der Waals surface area contributed by atoms with E-state index in [4.69, 9.17) is 5.73 Å². The molecule has 0 aliphatic carbocycles. The lowest BCUT2D eigenvalue weighted by Gasteiger charge is -2.22. The molecular weight excluding hydrogens is 256 g/mol. The summed E-state index contributed by atoms with van der Waals surface area (Å²) in [4.78, 5) is 0.280. The normalized spacial score (nSPS) is 21.3. The van der Waals surface area contributed by atoms with Crippen LogP contribution in [0.3, 0.4) is 0 Å². The molecule has 0 radical (unpaired) electrons. The van der Waals surface area contributed by atoms with Crippen molar-refractivity contribution in [1.29, 1.82) is 0 Å². The lowest BCUT2D eigenvalue weighted by Crippen LogP contribution is -2.38. The standard InChI is InChI=1S/C11H16N2O2S2/c12-9-3-5-11(6-4-9)17(14,15)13-10-2-1-7-16-8-10/h3-6,10,13H,1-2,7-8,12H2. The molecule has 0 aromatic heterocycles. The Kier molecular flexibility index (Phi) is 3.96. The monoisotopic (exact) mass is 272 g/mol. The highest BCUT2D eigenvalue weighted by atomic mass is 32.2. The number of benzene rings is 1. The molecule has 1 saturated heterocycles. The Balaban J connectivity index is 2.10. The second-order valence-corrected chi connectivity index (χ2v) is 6.97. The van der Waals surface area contributed by atoms with E-state index in [0.717, 1.165) is 24.3 Å². The first-order valence-corrected chi connectivity index (χ1v) is 8.17. The van der Waals surface area contributed by atoms with E-state index in [9.17, 15) is 8.42 Å². The first-order valence-electron chi connectivity index (χ1n) is 5.53. The SMILES string of the molecule is Nc1ccc(S(=O)(=O)NC2CCCSC2)cc1. The van der Waals surface area contributed by atoms with Gasteiger partial charge in [-0.1, -0.05) is 0 Å². The van der Waals surface area contributed by atoms with Crippen LogP contribution in [-0.4, -0.2) is 26.0 Å². The molecule has 94 valence electrons. The van der Waals surface area contributed by atoms with Crippen LogP contribution in [0.2, 0.25) is 0 Å². The summed E-state index contributed by atoms with van der Waals surface area (Å²) in [7, 11) is -3.40. The van der Waals surface area contributed by atoms with E-state index in [1.54, 1.807) is 23.9 Å². The predicted molar refractivity (Wildman–Crippen MR) is 71.5 cm³/mol. The third kappa shape index (κ3) is 3.37. The quantitative estimate of drug-likeness (QED) is 0.817. The van der Waals surface area contributed by atoms with Crippen molar-refractivity contribution in [3.8, 4) is 0 Å². The molecule has 1 unspecified atom stereocenters. The zero-order valence-electron chi connectivity index (χ0n) is 9.43. The minimum absolute atomic E-state index is 0.0521. The Labute approximate surface area is 106 Å². The third-order valence-corrected chi connectivity index (χ3v) is 5.42. The highest BCUT2D eigenvalue weighted by Gasteiger charge is 2.21.